The topological polar surface area (TPSA) is 54.4 Å². The minimum atomic E-state index is -1.35. The van der Waals surface area contributed by atoms with Gasteiger partial charge in [-0.1, -0.05) is 37.1 Å². The molecule has 4 heteroatoms. The van der Waals surface area contributed by atoms with Crippen LogP contribution in [0.3, 0.4) is 0 Å². The van der Waals surface area contributed by atoms with Crippen LogP contribution in [0.1, 0.15) is 46.5 Å². The summed E-state index contributed by atoms with van der Waals surface area (Å²) in [7, 11) is 0. The van der Waals surface area contributed by atoms with Crippen LogP contribution in [0.4, 0.5) is 0 Å². The molecule has 2 unspecified atom stereocenters. The van der Waals surface area contributed by atoms with Gasteiger partial charge in [-0.15, -0.1) is 11.6 Å². The second kappa shape index (κ2) is 5.65. The van der Waals surface area contributed by atoms with E-state index in [2.05, 4.69) is 26.0 Å². The zero-order chi connectivity index (χ0) is 18.9. The summed E-state index contributed by atoms with van der Waals surface area (Å²) in [5.74, 6) is 0.213. The number of ketones is 2. The quantitative estimate of drug-likeness (QED) is 0.587. The molecule has 6 atom stereocenters. The van der Waals surface area contributed by atoms with Gasteiger partial charge in [-0.25, -0.2) is 0 Å². The third-order valence-electron chi connectivity index (χ3n) is 8.08. The van der Waals surface area contributed by atoms with Crippen molar-refractivity contribution in [2.75, 3.05) is 5.88 Å². The first kappa shape index (κ1) is 18.2. The third-order valence-corrected chi connectivity index (χ3v) is 8.32. The molecule has 0 aromatic heterocycles. The molecule has 0 saturated heterocycles. The van der Waals surface area contributed by atoms with Gasteiger partial charge in [0.25, 0.3) is 0 Å². The molecular formula is C22H27ClO3. The van der Waals surface area contributed by atoms with Gasteiger partial charge in [0.1, 0.15) is 5.60 Å². The Labute approximate surface area is 160 Å². The van der Waals surface area contributed by atoms with Crippen LogP contribution in [0.2, 0.25) is 0 Å². The van der Waals surface area contributed by atoms with Crippen molar-refractivity contribution < 1.29 is 14.7 Å². The highest BCUT2D eigenvalue weighted by Gasteiger charge is 2.66. The van der Waals surface area contributed by atoms with Gasteiger partial charge in [-0.05, 0) is 62.5 Å². The van der Waals surface area contributed by atoms with E-state index in [0.717, 1.165) is 19.3 Å². The van der Waals surface area contributed by atoms with E-state index in [4.69, 9.17) is 11.6 Å². The second-order valence-corrected chi connectivity index (χ2v) is 9.37. The number of hydrogen-bond acceptors (Lipinski definition) is 3. The van der Waals surface area contributed by atoms with Crippen molar-refractivity contribution in [1.29, 1.82) is 0 Å². The monoisotopic (exact) mass is 374 g/mol. The Kier molecular flexibility index (Phi) is 3.95. The molecular weight excluding hydrogens is 348 g/mol. The fourth-order valence-electron chi connectivity index (χ4n) is 6.56. The fraction of sp³-hybridized carbons (Fsp3) is 0.636. The van der Waals surface area contributed by atoms with Gasteiger partial charge in [0.15, 0.2) is 11.6 Å². The molecule has 4 rings (SSSR count). The van der Waals surface area contributed by atoms with Crippen molar-refractivity contribution in [2.24, 2.45) is 28.6 Å². The molecule has 4 aliphatic carbocycles. The average molecular weight is 375 g/mol. The van der Waals surface area contributed by atoms with Crippen LogP contribution in [0.25, 0.3) is 0 Å². The van der Waals surface area contributed by atoms with E-state index < -0.39 is 11.0 Å². The highest BCUT2D eigenvalue weighted by molar-refractivity contribution is 6.29. The number of Topliss-reactive ketones (excluding diaryl/α,β-unsaturated/α-hetero) is 1. The first-order chi connectivity index (χ1) is 12.2. The first-order valence-electron chi connectivity index (χ1n) is 9.65. The predicted molar refractivity (Wildman–Crippen MR) is 102 cm³/mol. The van der Waals surface area contributed by atoms with E-state index in [9.17, 15) is 14.7 Å². The van der Waals surface area contributed by atoms with E-state index in [1.807, 2.05) is 6.92 Å². The number of allylic oxidation sites excluding steroid dienone is 6. The van der Waals surface area contributed by atoms with E-state index in [1.54, 1.807) is 12.2 Å². The SMILES string of the molecule is C[C@@H]1CC2C3CCC4=CC(=O)C=C[C@]4(C)C3=CC[C@]2(C)[C@@]1(O)C(=O)CCl. The van der Waals surface area contributed by atoms with Crippen molar-refractivity contribution in [3.8, 4) is 0 Å². The van der Waals surface area contributed by atoms with Crippen molar-refractivity contribution in [2.45, 2.75) is 52.1 Å². The molecule has 0 heterocycles. The summed E-state index contributed by atoms with van der Waals surface area (Å²) in [6.07, 6.45) is 11.2. The van der Waals surface area contributed by atoms with Gasteiger partial charge in [-0.2, -0.15) is 0 Å². The molecule has 2 saturated carbocycles. The maximum atomic E-state index is 12.6. The molecule has 0 bridgehead atoms. The van der Waals surface area contributed by atoms with Crippen LogP contribution in [0.15, 0.2) is 35.5 Å². The lowest BCUT2D eigenvalue weighted by molar-refractivity contribution is -0.155. The molecule has 2 fully saturated rings. The zero-order valence-electron chi connectivity index (χ0n) is 15.7. The van der Waals surface area contributed by atoms with Gasteiger partial charge in [0.2, 0.25) is 0 Å². The summed E-state index contributed by atoms with van der Waals surface area (Å²) in [6.45, 7) is 6.27. The lowest BCUT2D eigenvalue weighted by Gasteiger charge is -2.53. The summed E-state index contributed by atoms with van der Waals surface area (Å²) in [5.41, 5.74) is 0.554. The van der Waals surface area contributed by atoms with Crippen molar-refractivity contribution in [3.05, 3.63) is 35.5 Å². The Hall–Kier alpha value is -1.19. The number of alkyl halides is 1. The molecule has 0 aromatic rings. The van der Waals surface area contributed by atoms with Crippen LogP contribution in [0, 0.1) is 28.6 Å². The minimum absolute atomic E-state index is 0.0775. The molecule has 26 heavy (non-hydrogen) atoms. The van der Waals surface area contributed by atoms with Crippen LogP contribution in [-0.4, -0.2) is 28.2 Å². The second-order valence-electron chi connectivity index (χ2n) is 9.10. The third kappa shape index (κ3) is 2.05. The van der Waals surface area contributed by atoms with Gasteiger partial charge in [0.05, 0.1) is 5.88 Å². The van der Waals surface area contributed by atoms with E-state index >= 15 is 0 Å². The van der Waals surface area contributed by atoms with Crippen molar-refractivity contribution in [3.63, 3.8) is 0 Å². The molecule has 140 valence electrons. The molecule has 4 aliphatic rings. The van der Waals surface area contributed by atoms with Crippen LogP contribution >= 0.6 is 11.6 Å². The number of carbonyl (C=O) groups excluding carboxylic acids is 2. The molecule has 0 aliphatic heterocycles. The standard InChI is InChI=1S/C22H27ClO3/c1-13-10-18-16-5-4-14-11-15(24)6-8-20(14,2)17(16)7-9-21(18,3)22(13,26)19(25)12-23/h6-8,11,13,16,18,26H,4-5,9-10,12H2,1-3H3/t13-,16?,18?,20+,21+,22+/m1/s1. The average Bonchev–Trinajstić information content (AvgIpc) is 2.83. The van der Waals surface area contributed by atoms with E-state index in [-0.39, 0.29) is 34.7 Å². The fourth-order valence-corrected chi connectivity index (χ4v) is 6.77. The molecule has 0 aromatic carbocycles. The van der Waals surface area contributed by atoms with Crippen LogP contribution in [-0.2, 0) is 9.59 Å². The number of hydrogen-bond donors (Lipinski definition) is 1. The molecule has 0 spiro atoms. The Balaban J connectivity index is 1.79. The summed E-state index contributed by atoms with van der Waals surface area (Å²) in [4.78, 5) is 24.5. The normalized spacial score (nSPS) is 46.8. The molecule has 3 nitrogen and oxygen atoms in total. The van der Waals surface area contributed by atoms with Crippen LogP contribution in [0.5, 0.6) is 0 Å². The van der Waals surface area contributed by atoms with E-state index in [0.29, 0.717) is 12.3 Å². The lowest BCUT2D eigenvalue weighted by atomic mass is 9.51. The maximum Gasteiger partial charge on any atom is 0.179 e. The summed E-state index contributed by atoms with van der Waals surface area (Å²) in [6, 6.07) is 0. The van der Waals surface area contributed by atoms with Crippen LogP contribution < -0.4 is 0 Å². The highest BCUT2D eigenvalue weighted by atomic mass is 35.5. The number of carbonyl (C=O) groups is 2. The zero-order valence-corrected chi connectivity index (χ0v) is 16.5. The number of fused-ring (bicyclic) bond motifs is 5. The van der Waals surface area contributed by atoms with Gasteiger partial charge >= 0.3 is 0 Å². The molecule has 1 N–H and O–H groups in total. The van der Waals surface area contributed by atoms with Gasteiger partial charge < -0.3 is 5.11 Å². The predicted octanol–water partition coefficient (Wildman–Crippen LogP) is 4.00. The van der Waals surface area contributed by atoms with Crippen molar-refractivity contribution in [1.82, 2.24) is 0 Å². The summed E-state index contributed by atoms with van der Waals surface area (Å²) < 4.78 is 0. The lowest BCUT2D eigenvalue weighted by Crippen LogP contribution is -2.57. The molecule has 0 amide bonds. The first-order valence-corrected chi connectivity index (χ1v) is 10.2. The Morgan fingerprint density at radius 1 is 1.38 bits per heavy atom. The Morgan fingerprint density at radius 2 is 2.12 bits per heavy atom. The van der Waals surface area contributed by atoms with Crippen molar-refractivity contribution >= 4 is 23.2 Å². The summed E-state index contributed by atoms with van der Waals surface area (Å²) >= 11 is 5.87. The largest absolute Gasteiger partial charge is 0.381 e. The molecule has 0 radical (unpaired) electrons. The Bertz CT molecular complexity index is 778. The van der Waals surface area contributed by atoms with E-state index in [1.165, 1.54) is 11.1 Å². The Morgan fingerprint density at radius 3 is 2.81 bits per heavy atom. The smallest absolute Gasteiger partial charge is 0.179 e. The summed E-state index contributed by atoms with van der Waals surface area (Å²) in [5, 5.41) is 11.5. The number of aliphatic hydroxyl groups is 1. The van der Waals surface area contributed by atoms with Gasteiger partial charge in [0, 0.05) is 10.8 Å². The number of rotatable bonds is 2. The number of halogens is 1. The highest BCUT2D eigenvalue weighted by Crippen LogP contribution is 2.66. The van der Waals surface area contributed by atoms with Gasteiger partial charge in [-0.3, -0.25) is 9.59 Å². The minimum Gasteiger partial charge on any atom is -0.381 e. The maximum absolute atomic E-state index is 12.6.